The molecule has 0 radical (unpaired) electrons. The van der Waals surface area contributed by atoms with Crippen LogP contribution in [0.1, 0.15) is 25.5 Å². The van der Waals surface area contributed by atoms with E-state index in [4.69, 9.17) is 0 Å². The average Bonchev–Trinajstić information content (AvgIpc) is 2.78. The maximum atomic E-state index is 10.3. The van der Waals surface area contributed by atoms with Crippen molar-refractivity contribution >= 4 is 0 Å². The Morgan fingerprint density at radius 1 is 1.62 bits per heavy atom. The van der Waals surface area contributed by atoms with Gasteiger partial charge in [-0.2, -0.15) is 0 Å². The minimum atomic E-state index is -0.764. The number of hydrogen-bond donors (Lipinski definition) is 3. The molecule has 0 saturated carbocycles. The lowest BCUT2D eigenvalue weighted by Crippen LogP contribution is -2.43. The molecule has 3 nitrogen and oxygen atoms in total. The molecule has 13 heavy (non-hydrogen) atoms. The van der Waals surface area contributed by atoms with Gasteiger partial charge in [0.15, 0.2) is 0 Å². The molecule has 1 aromatic heterocycles. The van der Waals surface area contributed by atoms with Crippen LogP contribution in [0.3, 0.4) is 0 Å². The molecule has 2 heterocycles. The molecular weight excluding hydrogens is 164 g/mol. The Balaban J connectivity index is 2.19. The van der Waals surface area contributed by atoms with Gasteiger partial charge in [-0.15, -0.1) is 0 Å². The molecule has 0 aromatic carbocycles. The van der Waals surface area contributed by atoms with Crippen molar-refractivity contribution in [2.75, 3.05) is 6.54 Å². The van der Waals surface area contributed by atoms with Crippen LogP contribution in [0.2, 0.25) is 0 Å². The third kappa shape index (κ3) is 1.49. The molecule has 2 atom stereocenters. The number of H-pyrrole nitrogens is 1. The van der Waals surface area contributed by atoms with Crippen LogP contribution in [-0.2, 0) is 5.60 Å². The molecule has 0 spiro atoms. The number of hydrogen-bond acceptors (Lipinski definition) is 2. The Hall–Kier alpha value is -0.800. The van der Waals surface area contributed by atoms with Crippen molar-refractivity contribution in [2.24, 2.45) is 0 Å². The summed E-state index contributed by atoms with van der Waals surface area (Å²) in [4.78, 5) is 3.06. The second kappa shape index (κ2) is 3.16. The van der Waals surface area contributed by atoms with Crippen LogP contribution in [-0.4, -0.2) is 22.7 Å². The highest BCUT2D eigenvalue weighted by molar-refractivity contribution is 5.16. The fourth-order valence-electron chi connectivity index (χ4n) is 2.00. The van der Waals surface area contributed by atoms with Crippen LogP contribution in [0.5, 0.6) is 0 Å². The van der Waals surface area contributed by atoms with E-state index in [0.717, 1.165) is 25.1 Å². The van der Waals surface area contributed by atoms with E-state index < -0.39 is 5.60 Å². The highest BCUT2D eigenvalue weighted by Crippen LogP contribution is 2.27. The summed E-state index contributed by atoms with van der Waals surface area (Å²) in [6.45, 7) is 2.88. The summed E-state index contributed by atoms with van der Waals surface area (Å²) in [7, 11) is 0. The van der Waals surface area contributed by atoms with E-state index >= 15 is 0 Å². The summed E-state index contributed by atoms with van der Waals surface area (Å²) in [6, 6.07) is 4.03. The van der Waals surface area contributed by atoms with Crippen LogP contribution in [0, 0.1) is 0 Å². The van der Waals surface area contributed by atoms with E-state index in [9.17, 15) is 5.11 Å². The Kier molecular flexibility index (Phi) is 2.14. The van der Waals surface area contributed by atoms with E-state index in [1.165, 1.54) is 0 Å². The topological polar surface area (TPSA) is 48.0 Å². The minimum Gasteiger partial charge on any atom is -0.382 e. The van der Waals surface area contributed by atoms with Crippen molar-refractivity contribution in [1.82, 2.24) is 10.3 Å². The first kappa shape index (κ1) is 8.78. The van der Waals surface area contributed by atoms with Gasteiger partial charge in [-0.25, -0.2) is 0 Å². The molecule has 0 amide bonds. The normalized spacial score (nSPS) is 27.4. The number of aromatic nitrogens is 1. The largest absolute Gasteiger partial charge is 0.382 e. The van der Waals surface area contributed by atoms with Gasteiger partial charge < -0.3 is 15.4 Å². The first-order valence-corrected chi connectivity index (χ1v) is 4.81. The van der Waals surface area contributed by atoms with Crippen LogP contribution < -0.4 is 5.32 Å². The molecule has 1 saturated heterocycles. The van der Waals surface area contributed by atoms with Gasteiger partial charge in [0.2, 0.25) is 0 Å². The minimum absolute atomic E-state index is 0.186. The first-order valence-electron chi connectivity index (χ1n) is 4.81. The molecule has 72 valence electrons. The average molecular weight is 180 g/mol. The molecule has 1 aliphatic rings. The molecule has 1 aromatic rings. The number of rotatable bonds is 2. The molecule has 2 unspecified atom stereocenters. The fraction of sp³-hybridized carbons (Fsp3) is 0.600. The number of nitrogens with one attached hydrogen (secondary N) is 2. The van der Waals surface area contributed by atoms with Gasteiger partial charge >= 0.3 is 0 Å². The third-order valence-electron chi connectivity index (χ3n) is 2.88. The maximum Gasteiger partial charge on any atom is 0.117 e. The molecule has 2 rings (SSSR count). The van der Waals surface area contributed by atoms with E-state index in [1.807, 2.05) is 25.3 Å². The fourth-order valence-corrected chi connectivity index (χ4v) is 2.00. The molecule has 3 heteroatoms. The lowest BCUT2D eigenvalue weighted by atomic mass is 9.92. The second-order valence-corrected chi connectivity index (χ2v) is 3.88. The zero-order valence-corrected chi connectivity index (χ0v) is 7.88. The van der Waals surface area contributed by atoms with Crippen LogP contribution in [0.4, 0.5) is 0 Å². The standard InChI is InChI=1S/C10H16N2O/c1-10(13,8-4-2-6-11-8)9-5-3-7-12-9/h2,4,6,9,11-13H,3,5,7H2,1H3. The van der Waals surface area contributed by atoms with Gasteiger partial charge in [0.1, 0.15) is 5.60 Å². The van der Waals surface area contributed by atoms with Crippen molar-refractivity contribution < 1.29 is 5.11 Å². The van der Waals surface area contributed by atoms with Gasteiger partial charge in [-0.1, -0.05) is 0 Å². The van der Waals surface area contributed by atoms with Gasteiger partial charge in [0.25, 0.3) is 0 Å². The smallest absolute Gasteiger partial charge is 0.117 e. The van der Waals surface area contributed by atoms with E-state index in [1.54, 1.807) is 0 Å². The molecule has 1 aliphatic heterocycles. The van der Waals surface area contributed by atoms with Crippen LogP contribution in [0.15, 0.2) is 18.3 Å². The van der Waals surface area contributed by atoms with E-state index in [2.05, 4.69) is 10.3 Å². The number of aromatic amines is 1. The second-order valence-electron chi connectivity index (χ2n) is 3.88. The first-order chi connectivity index (χ1) is 6.21. The third-order valence-corrected chi connectivity index (χ3v) is 2.88. The predicted molar refractivity (Wildman–Crippen MR) is 51.4 cm³/mol. The van der Waals surface area contributed by atoms with E-state index in [0.29, 0.717) is 0 Å². The molecular formula is C10H16N2O. The van der Waals surface area contributed by atoms with Crippen molar-refractivity contribution in [3.63, 3.8) is 0 Å². The summed E-state index contributed by atoms with van der Waals surface area (Å²) < 4.78 is 0. The van der Waals surface area contributed by atoms with Gasteiger partial charge in [0.05, 0.1) is 0 Å². The van der Waals surface area contributed by atoms with Gasteiger partial charge in [0, 0.05) is 17.9 Å². The Bertz CT molecular complexity index is 260. The van der Waals surface area contributed by atoms with Gasteiger partial charge in [-0.05, 0) is 38.4 Å². The van der Waals surface area contributed by atoms with Crippen LogP contribution in [0.25, 0.3) is 0 Å². The summed E-state index contributed by atoms with van der Waals surface area (Å²) in [5.74, 6) is 0. The predicted octanol–water partition coefficient (Wildman–Crippen LogP) is 0.974. The van der Waals surface area contributed by atoms with Gasteiger partial charge in [-0.3, -0.25) is 0 Å². The lowest BCUT2D eigenvalue weighted by Gasteiger charge is -2.29. The zero-order chi connectivity index (χ0) is 9.31. The van der Waals surface area contributed by atoms with Crippen molar-refractivity contribution in [3.8, 4) is 0 Å². The molecule has 1 fully saturated rings. The summed E-state index contributed by atoms with van der Waals surface area (Å²) in [5.41, 5.74) is 0.131. The van der Waals surface area contributed by atoms with E-state index in [-0.39, 0.29) is 6.04 Å². The Morgan fingerprint density at radius 3 is 3.00 bits per heavy atom. The molecule has 3 N–H and O–H groups in total. The highest BCUT2D eigenvalue weighted by atomic mass is 16.3. The summed E-state index contributed by atoms with van der Waals surface area (Å²) in [6.07, 6.45) is 4.05. The lowest BCUT2D eigenvalue weighted by molar-refractivity contribution is 0.0181. The van der Waals surface area contributed by atoms with Crippen molar-refractivity contribution in [1.29, 1.82) is 0 Å². The number of aliphatic hydroxyl groups is 1. The maximum absolute atomic E-state index is 10.3. The molecule has 0 bridgehead atoms. The highest BCUT2D eigenvalue weighted by Gasteiger charge is 2.35. The van der Waals surface area contributed by atoms with Crippen molar-refractivity contribution in [3.05, 3.63) is 24.0 Å². The Morgan fingerprint density at radius 2 is 2.46 bits per heavy atom. The summed E-state index contributed by atoms with van der Waals surface area (Å²) >= 11 is 0. The SMILES string of the molecule is CC(O)(c1ccc[nH]1)C1CCCN1. The summed E-state index contributed by atoms with van der Waals surface area (Å²) in [5, 5.41) is 13.6. The Labute approximate surface area is 78.2 Å². The van der Waals surface area contributed by atoms with Crippen LogP contribution >= 0.6 is 0 Å². The van der Waals surface area contributed by atoms with Crippen molar-refractivity contribution in [2.45, 2.75) is 31.4 Å². The monoisotopic (exact) mass is 180 g/mol. The quantitative estimate of drug-likeness (QED) is 0.635. The zero-order valence-electron chi connectivity index (χ0n) is 7.88. The molecule has 0 aliphatic carbocycles.